The van der Waals surface area contributed by atoms with E-state index in [9.17, 15) is 9.59 Å². The van der Waals surface area contributed by atoms with E-state index < -0.39 is 6.04 Å². The molecule has 1 aliphatic rings. The van der Waals surface area contributed by atoms with Gasteiger partial charge in [-0.15, -0.1) is 0 Å². The monoisotopic (exact) mass is 339 g/mol. The number of ether oxygens (including phenoxy) is 2. The van der Waals surface area contributed by atoms with Gasteiger partial charge in [-0.05, 0) is 50.6 Å². The summed E-state index contributed by atoms with van der Waals surface area (Å²) >= 11 is 0. The zero-order chi connectivity index (χ0) is 18.0. The first-order chi connectivity index (χ1) is 12.1. The fourth-order valence-corrected chi connectivity index (χ4v) is 3.04. The Morgan fingerprint density at radius 3 is 2.00 bits per heavy atom. The van der Waals surface area contributed by atoms with E-state index in [0.29, 0.717) is 35.8 Å². The average Bonchev–Trinajstić information content (AvgIpc) is 2.88. The molecule has 1 heterocycles. The van der Waals surface area contributed by atoms with Crippen molar-refractivity contribution in [1.82, 2.24) is 4.90 Å². The molecule has 0 N–H and O–H groups in total. The summed E-state index contributed by atoms with van der Waals surface area (Å²) in [6, 6.07) is 12.0. The minimum atomic E-state index is -0.401. The van der Waals surface area contributed by atoms with E-state index in [1.165, 1.54) is 4.90 Å². The number of hydrogen-bond acceptors (Lipinski definition) is 4. The third-order valence-electron chi connectivity index (χ3n) is 4.26. The van der Waals surface area contributed by atoms with E-state index in [0.717, 1.165) is 5.56 Å². The predicted octanol–water partition coefficient (Wildman–Crippen LogP) is 3.84. The van der Waals surface area contributed by atoms with Crippen LogP contribution in [0.3, 0.4) is 0 Å². The molecule has 0 unspecified atom stereocenters. The number of imide groups is 1. The number of hydrogen-bond donors (Lipinski definition) is 0. The van der Waals surface area contributed by atoms with Crippen molar-refractivity contribution in [2.24, 2.45) is 0 Å². The SMILES string of the molecule is CCOc1ccc([C@H](C)N2C(=O)c3ccccc3C2=O)cc1OCC. The molecule has 0 radical (unpaired) electrons. The van der Waals surface area contributed by atoms with Gasteiger partial charge in [0.25, 0.3) is 11.8 Å². The second kappa shape index (κ2) is 6.97. The van der Waals surface area contributed by atoms with Gasteiger partial charge in [-0.3, -0.25) is 14.5 Å². The van der Waals surface area contributed by atoms with Crippen molar-refractivity contribution in [3.05, 3.63) is 59.2 Å². The van der Waals surface area contributed by atoms with E-state index >= 15 is 0 Å². The lowest BCUT2D eigenvalue weighted by Gasteiger charge is -2.24. The van der Waals surface area contributed by atoms with Gasteiger partial charge in [-0.1, -0.05) is 18.2 Å². The summed E-state index contributed by atoms with van der Waals surface area (Å²) in [5.41, 5.74) is 1.73. The molecule has 2 aromatic rings. The fourth-order valence-electron chi connectivity index (χ4n) is 3.04. The molecule has 130 valence electrons. The quantitative estimate of drug-likeness (QED) is 0.750. The number of benzene rings is 2. The summed E-state index contributed by atoms with van der Waals surface area (Å²) in [4.78, 5) is 26.6. The van der Waals surface area contributed by atoms with Crippen molar-refractivity contribution in [2.45, 2.75) is 26.8 Å². The van der Waals surface area contributed by atoms with Gasteiger partial charge in [0.2, 0.25) is 0 Å². The maximum atomic E-state index is 12.7. The van der Waals surface area contributed by atoms with Gasteiger partial charge < -0.3 is 9.47 Å². The Morgan fingerprint density at radius 1 is 0.880 bits per heavy atom. The Kier molecular flexibility index (Phi) is 4.74. The largest absolute Gasteiger partial charge is 0.490 e. The number of carbonyl (C=O) groups excluding carboxylic acids is 2. The second-order valence-electron chi connectivity index (χ2n) is 5.77. The zero-order valence-corrected chi connectivity index (χ0v) is 14.6. The van der Waals surface area contributed by atoms with Crippen LogP contribution in [0.2, 0.25) is 0 Å². The van der Waals surface area contributed by atoms with Gasteiger partial charge in [0.05, 0.1) is 30.4 Å². The minimum Gasteiger partial charge on any atom is -0.490 e. The Morgan fingerprint density at radius 2 is 1.44 bits per heavy atom. The molecule has 25 heavy (non-hydrogen) atoms. The summed E-state index contributed by atoms with van der Waals surface area (Å²) in [5.74, 6) is 0.743. The molecule has 1 aliphatic heterocycles. The number of amides is 2. The van der Waals surface area contributed by atoms with Gasteiger partial charge in [-0.25, -0.2) is 0 Å². The van der Waals surface area contributed by atoms with Gasteiger partial charge in [-0.2, -0.15) is 0 Å². The van der Waals surface area contributed by atoms with Crippen molar-refractivity contribution in [3.8, 4) is 11.5 Å². The smallest absolute Gasteiger partial charge is 0.262 e. The average molecular weight is 339 g/mol. The number of fused-ring (bicyclic) bond motifs is 1. The number of carbonyl (C=O) groups is 2. The van der Waals surface area contributed by atoms with Crippen molar-refractivity contribution in [2.75, 3.05) is 13.2 Å². The first-order valence-electron chi connectivity index (χ1n) is 8.44. The van der Waals surface area contributed by atoms with Gasteiger partial charge >= 0.3 is 0 Å². The predicted molar refractivity (Wildman–Crippen MR) is 94.1 cm³/mol. The molecule has 5 nitrogen and oxygen atoms in total. The molecule has 3 rings (SSSR count). The molecule has 0 bridgehead atoms. The second-order valence-corrected chi connectivity index (χ2v) is 5.77. The molecule has 0 fully saturated rings. The van der Waals surface area contributed by atoms with Gasteiger partial charge in [0.15, 0.2) is 11.5 Å². The first kappa shape index (κ1) is 17.0. The van der Waals surface area contributed by atoms with E-state index in [1.807, 2.05) is 39.0 Å². The number of nitrogens with zero attached hydrogens (tertiary/aromatic N) is 1. The Labute approximate surface area is 147 Å². The van der Waals surface area contributed by atoms with Crippen molar-refractivity contribution >= 4 is 11.8 Å². The third kappa shape index (κ3) is 2.97. The van der Waals surface area contributed by atoms with Crippen molar-refractivity contribution in [3.63, 3.8) is 0 Å². The lowest BCUT2D eigenvalue weighted by atomic mass is 10.1. The van der Waals surface area contributed by atoms with E-state index in [2.05, 4.69) is 0 Å². The zero-order valence-electron chi connectivity index (χ0n) is 14.6. The highest BCUT2D eigenvalue weighted by Gasteiger charge is 2.38. The van der Waals surface area contributed by atoms with Crippen LogP contribution in [0.5, 0.6) is 11.5 Å². The topological polar surface area (TPSA) is 55.8 Å². The van der Waals surface area contributed by atoms with Crippen molar-refractivity contribution < 1.29 is 19.1 Å². The van der Waals surface area contributed by atoms with Crippen LogP contribution in [0, 0.1) is 0 Å². The highest BCUT2D eigenvalue weighted by Crippen LogP contribution is 2.35. The molecule has 1 atom stereocenters. The standard InChI is InChI=1S/C20H21NO4/c1-4-24-17-11-10-14(12-18(17)25-5-2)13(3)21-19(22)15-8-6-7-9-16(15)20(21)23/h6-13H,4-5H2,1-3H3/t13-/m0/s1. The maximum absolute atomic E-state index is 12.7. The fraction of sp³-hybridized carbons (Fsp3) is 0.300. The van der Waals surface area contributed by atoms with Crippen LogP contribution in [0.25, 0.3) is 0 Å². The lowest BCUT2D eigenvalue weighted by Crippen LogP contribution is -2.32. The Hall–Kier alpha value is -2.82. The van der Waals surface area contributed by atoms with E-state index in [-0.39, 0.29) is 11.8 Å². The van der Waals surface area contributed by atoms with Crippen LogP contribution in [0.15, 0.2) is 42.5 Å². The van der Waals surface area contributed by atoms with Crippen LogP contribution < -0.4 is 9.47 Å². The molecule has 2 aromatic carbocycles. The first-order valence-corrected chi connectivity index (χ1v) is 8.44. The molecular formula is C20H21NO4. The van der Waals surface area contributed by atoms with Crippen LogP contribution in [-0.2, 0) is 0 Å². The normalized spacial score (nSPS) is 14.4. The summed E-state index contributed by atoms with van der Waals surface area (Å²) in [6.07, 6.45) is 0. The van der Waals surface area contributed by atoms with Gasteiger partial charge in [0, 0.05) is 0 Å². The lowest BCUT2D eigenvalue weighted by molar-refractivity contribution is 0.0595. The minimum absolute atomic E-state index is 0.264. The van der Waals surface area contributed by atoms with Crippen LogP contribution in [-0.4, -0.2) is 29.9 Å². The summed E-state index contributed by atoms with van der Waals surface area (Å²) in [7, 11) is 0. The summed E-state index contributed by atoms with van der Waals surface area (Å²) < 4.78 is 11.2. The molecule has 0 saturated heterocycles. The molecular weight excluding hydrogens is 318 g/mol. The Balaban J connectivity index is 1.94. The maximum Gasteiger partial charge on any atom is 0.262 e. The van der Waals surface area contributed by atoms with Crippen LogP contribution in [0.1, 0.15) is 53.1 Å². The molecule has 5 heteroatoms. The van der Waals surface area contributed by atoms with E-state index in [4.69, 9.17) is 9.47 Å². The van der Waals surface area contributed by atoms with Crippen LogP contribution >= 0.6 is 0 Å². The summed E-state index contributed by atoms with van der Waals surface area (Å²) in [6.45, 7) is 6.69. The highest BCUT2D eigenvalue weighted by atomic mass is 16.5. The van der Waals surface area contributed by atoms with Crippen LogP contribution in [0.4, 0.5) is 0 Å². The molecule has 0 spiro atoms. The third-order valence-corrected chi connectivity index (χ3v) is 4.26. The molecule has 2 amide bonds. The van der Waals surface area contributed by atoms with Gasteiger partial charge in [0.1, 0.15) is 0 Å². The summed E-state index contributed by atoms with van der Waals surface area (Å²) in [5, 5.41) is 0. The van der Waals surface area contributed by atoms with E-state index in [1.54, 1.807) is 24.3 Å². The molecule has 0 saturated carbocycles. The highest BCUT2D eigenvalue weighted by molar-refractivity contribution is 6.21. The number of rotatable bonds is 6. The molecule has 0 aromatic heterocycles. The Bertz CT molecular complexity index is 780. The molecule has 0 aliphatic carbocycles. The van der Waals surface area contributed by atoms with Crippen molar-refractivity contribution in [1.29, 1.82) is 0 Å².